The Morgan fingerprint density at radius 1 is 1.43 bits per heavy atom. The SMILES string of the molecule is CC(=O)N1CCC(NCC2CC2)=C(C(N)=Nc2cccc(/C(C=N)=C/N)c2)C1. The highest BCUT2D eigenvalue weighted by atomic mass is 16.2. The van der Waals surface area contributed by atoms with Crippen LogP contribution in [0.4, 0.5) is 5.69 Å². The van der Waals surface area contributed by atoms with Gasteiger partial charge in [0.15, 0.2) is 0 Å². The summed E-state index contributed by atoms with van der Waals surface area (Å²) in [5.74, 6) is 1.20. The van der Waals surface area contributed by atoms with Crippen molar-refractivity contribution in [3.05, 3.63) is 47.3 Å². The molecule has 28 heavy (non-hydrogen) atoms. The van der Waals surface area contributed by atoms with Crippen LogP contribution in [0.1, 0.15) is 31.7 Å². The number of benzene rings is 1. The van der Waals surface area contributed by atoms with Crippen LogP contribution in [0, 0.1) is 11.3 Å². The van der Waals surface area contributed by atoms with Crippen LogP contribution in [0.25, 0.3) is 5.57 Å². The summed E-state index contributed by atoms with van der Waals surface area (Å²) in [5, 5.41) is 11.0. The van der Waals surface area contributed by atoms with Crippen LogP contribution >= 0.6 is 0 Å². The van der Waals surface area contributed by atoms with Gasteiger partial charge >= 0.3 is 0 Å². The van der Waals surface area contributed by atoms with Crippen molar-refractivity contribution in [1.82, 2.24) is 10.2 Å². The van der Waals surface area contributed by atoms with E-state index >= 15 is 0 Å². The zero-order valence-electron chi connectivity index (χ0n) is 16.2. The molecule has 1 aliphatic carbocycles. The molecule has 0 unspecified atom stereocenters. The number of nitrogens with two attached hydrogens (primary N) is 2. The quantitative estimate of drug-likeness (QED) is 0.428. The summed E-state index contributed by atoms with van der Waals surface area (Å²) in [6, 6.07) is 7.44. The molecule has 2 aliphatic rings. The molecule has 1 fully saturated rings. The normalized spacial score (nSPS) is 18.2. The Morgan fingerprint density at radius 3 is 2.86 bits per heavy atom. The zero-order chi connectivity index (χ0) is 20.1. The number of nitrogens with zero attached hydrogens (tertiary/aromatic N) is 2. The second-order valence-electron chi connectivity index (χ2n) is 7.29. The number of nitrogens with one attached hydrogen (secondary N) is 2. The lowest BCUT2D eigenvalue weighted by Crippen LogP contribution is -2.41. The molecule has 3 rings (SSSR count). The number of carbonyl (C=O) groups excluding carboxylic acids is 1. The van der Waals surface area contributed by atoms with Gasteiger partial charge in [-0.3, -0.25) is 4.79 Å². The number of carbonyl (C=O) groups is 1. The number of hydrogen-bond donors (Lipinski definition) is 4. The van der Waals surface area contributed by atoms with E-state index in [1.807, 2.05) is 24.3 Å². The summed E-state index contributed by atoms with van der Waals surface area (Å²) in [5.41, 5.74) is 16.0. The van der Waals surface area contributed by atoms with E-state index in [1.165, 1.54) is 25.3 Å². The third-order valence-electron chi connectivity index (χ3n) is 5.16. The van der Waals surface area contributed by atoms with Gasteiger partial charge in [-0.15, -0.1) is 0 Å². The van der Waals surface area contributed by atoms with E-state index in [2.05, 4.69) is 10.3 Å². The molecule has 7 nitrogen and oxygen atoms in total. The van der Waals surface area contributed by atoms with Gasteiger partial charge in [-0.25, -0.2) is 4.99 Å². The maximum Gasteiger partial charge on any atom is 0.219 e. The van der Waals surface area contributed by atoms with Crippen molar-refractivity contribution in [2.75, 3.05) is 19.6 Å². The van der Waals surface area contributed by atoms with E-state index in [9.17, 15) is 4.79 Å². The van der Waals surface area contributed by atoms with Crippen molar-refractivity contribution < 1.29 is 4.79 Å². The summed E-state index contributed by atoms with van der Waals surface area (Å²) in [6.45, 7) is 3.69. The van der Waals surface area contributed by atoms with Crippen LogP contribution in [0.15, 0.2) is 46.7 Å². The van der Waals surface area contributed by atoms with Gasteiger partial charge in [0.1, 0.15) is 5.84 Å². The number of hydrogen-bond acceptors (Lipinski definition) is 5. The molecular formula is C21H28N6O. The van der Waals surface area contributed by atoms with E-state index < -0.39 is 0 Å². The molecule has 7 heteroatoms. The van der Waals surface area contributed by atoms with Crippen molar-refractivity contribution in [1.29, 1.82) is 5.41 Å². The molecule has 1 heterocycles. The molecule has 1 saturated carbocycles. The number of allylic oxidation sites excluding steroid dienone is 1. The Labute approximate surface area is 165 Å². The van der Waals surface area contributed by atoms with Crippen LogP contribution in [-0.2, 0) is 4.79 Å². The zero-order valence-corrected chi connectivity index (χ0v) is 16.2. The molecule has 0 radical (unpaired) electrons. The van der Waals surface area contributed by atoms with E-state index in [0.29, 0.717) is 30.2 Å². The predicted octanol–water partition coefficient (Wildman–Crippen LogP) is 2.13. The topological polar surface area (TPSA) is 121 Å². The first-order valence-corrected chi connectivity index (χ1v) is 9.60. The summed E-state index contributed by atoms with van der Waals surface area (Å²) >= 11 is 0. The maximum atomic E-state index is 11.9. The molecule has 0 spiro atoms. The average molecular weight is 380 g/mol. The van der Waals surface area contributed by atoms with Crippen molar-refractivity contribution in [2.24, 2.45) is 22.4 Å². The third kappa shape index (κ3) is 4.79. The Morgan fingerprint density at radius 2 is 2.21 bits per heavy atom. The molecule has 1 amide bonds. The lowest BCUT2D eigenvalue weighted by atomic mass is 10.0. The fourth-order valence-electron chi connectivity index (χ4n) is 3.24. The molecule has 1 aromatic rings. The van der Waals surface area contributed by atoms with E-state index in [4.69, 9.17) is 16.9 Å². The lowest BCUT2D eigenvalue weighted by Gasteiger charge is -2.30. The van der Waals surface area contributed by atoms with Crippen LogP contribution in [0.2, 0.25) is 0 Å². The molecule has 0 atom stereocenters. The first kappa shape index (κ1) is 19.7. The highest BCUT2D eigenvalue weighted by Crippen LogP contribution is 2.29. The Bertz CT molecular complexity index is 850. The molecular weight excluding hydrogens is 352 g/mol. The minimum Gasteiger partial charge on any atom is -0.404 e. The number of amidine groups is 1. The van der Waals surface area contributed by atoms with Gasteiger partial charge in [0, 0.05) is 55.7 Å². The Hall–Kier alpha value is -3.09. The summed E-state index contributed by atoms with van der Waals surface area (Å²) < 4.78 is 0. The van der Waals surface area contributed by atoms with Gasteiger partial charge in [0.2, 0.25) is 5.91 Å². The minimum atomic E-state index is 0.0391. The minimum absolute atomic E-state index is 0.0391. The first-order valence-electron chi connectivity index (χ1n) is 9.60. The van der Waals surface area contributed by atoms with Crippen LogP contribution in [0.3, 0.4) is 0 Å². The fourth-order valence-corrected chi connectivity index (χ4v) is 3.24. The van der Waals surface area contributed by atoms with Crippen LogP contribution < -0.4 is 16.8 Å². The molecule has 6 N–H and O–H groups in total. The fraction of sp³-hybridized carbons (Fsp3) is 0.381. The van der Waals surface area contributed by atoms with Gasteiger partial charge in [0.25, 0.3) is 0 Å². The molecule has 148 valence electrons. The highest BCUT2D eigenvalue weighted by molar-refractivity contribution is 6.08. The summed E-state index contributed by atoms with van der Waals surface area (Å²) in [7, 11) is 0. The van der Waals surface area contributed by atoms with E-state index in [-0.39, 0.29) is 5.91 Å². The van der Waals surface area contributed by atoms with Gasteiger partial charge in [-0.05, 0) is 36.5 Å². The van der Waals surface area contributed by atoms with Gasteiger partial charge < -0.3 is 27.1 Å². The standard InChI is InChI=1S/C21H28N6O/c1-14(28)27-8-7-20(25-12-15-5-6-15)19(13-27)21(24)26-18-4-2-3-16(9-18)17(10-22)11-23/h2-4,9-11,15,22,25H,5-8,12-13,23H2,1H3,(H2,24,26)/b17-11+,22-10?. The maximum absolute atomic E-state index is 11.9. The van der Waals surface area contributed by atoms with Gasteiger partial charge in [-0.2, -0.15) is 0 Å². The van der Waals surface area contributed by atoms with Crippen molar-refractivity contribution in [3.8, 4) is 0 Å². The van der Waals surface area contributed by atoms with Crippen molar-refractivity contribution in [3.63, 3.8) is 0 Å². The van der Waals surface area contributed by atoms with Crippen molar-refractivity contribution in [2.45, 2.75) is 26.2 Å². The van der Waals surface area contributed by atoms with Gasteiger partial charge in [-0.1, -0.05) is 12.1 Å². The number of amides is 1. The molecule has 0 aromatic heterocycles. The largest absolute Gasteiger partial charge is 0.404 e. The molecule has 1 aromatic carbocycles. The van der Waals surface area contributed by atoms with Gasteiger partial charge in [0.05, 0.1) is 12.2 Å². The van der Waals surface area contributed by atoms with Crippen LogP contribution in [-0.4, -0.2) is 42.5 Å². The first-order chi connectivity index (χ1) is 13.5. The smallest absolute Gasteiger partial charge is 0.219 e. The third-order valence-corrected chi connectivity index (χ3v) is 5.16. The highest BCUT2D eigenvalue weighted by Gasteiger charge is 2.26. The number of aliphatic imine (C=N–C) groups is 1. The second-order valence-corrected chi connectivity index (χ2v) is 7.29. The Kier molecular flexibility index (Phi) is 6.13. The van der Waals surface area contributed by atoms with E-state index in [0.717, 1.165) is 35.7 Å². The van der Waals surface area contributed by atoms with Crippen molar-refractivity contribution >= 4 is 29.2 Å². The molecule has 0 saturated heterocycles. The predicted molar refractivity (Wildman–Crippen MR) is 113 cm³/mol. The average Bonchev–Trinajstić information content (AvgIpc) is 3.52. The number of rotatable bonds is 7. The van der Waals surface area contributed by atoms with Crippen LogP contribution in [0.5, 0.6) is 0 Å². The van der Waals surface area contributed by atoms with E-state index in [1.54, 1.807) is 11.8 Å². The molecule has 0 bridgehead atoms. The summed E-state index contributed by atoms with van der Waals surface area (Å²) in [6.07, 6.45) is 5.91. The lowest BCUT2D eigenvalue weighted by molar-refractivity contribution is -0.128. The summed E-state index contributed by atoms with van der Waals surface area (Å²) in [4.78, 5) is 18.2. The monoisotopic (exact) mass is 380 g/mol. The second kappa shape index (κ2) is 8.73. The Balaban J connectivity index is 1.88. The molecule has 1 aliphatic heterocycles.